The third-order valence-electron chi connectivity index (χ3n) is 1.81. The van der Waals surface area contributed by atoms with Crippen molar-refractivity contribution in [2.24, 2.45) is 5.73 Å². The highest BCUT2D eigenvalue weighted by molar-refractivity contribution is 9.10. The molecule has 0 unspecified atom stereocenters. The van der Waals surface area contributed by atoms with E-state index in [-0.39, 0.29) is 24.3 Å². The lowest BCUT2D eigenvalue weighted by Crippen LogP contribution is -2.08. The predicted octanol–water partition coefficient (Wildman–Crippen LogP) is 3.42. The molecule has 0 aliphatic rings. The average molecular weight is 269 g/mol. The normalized spacial score (nSPS) is 12.0. The second kappa shape index (κ2) is 5.58. The molecule has 0 aliphatic carbocycles. The van der Waals surface area contributed by atoms with Crippen LogP contribution in [0.1, 0.15) is 24.9 Å². The molecule has 0 heterocycles. The fourth-order valence-electron chi connectivity index (χ4n) is 0.979. The highest BCUT2D eigenvalue weighted by Gasteiger charge is 2.05. The molecule has 0 amide bonds. The van der Waals surface area contributed by atoms with E-state index in [1.165, 1.54) is 6.07 Å². The maximum absolute atomic E-state index is 12.8. The summed E-state index contributed by atoms with van der Waals surface area (Å²) in [6.07, 6.45) is 0.859. The Labute approximate surface area is 92.1 Å². The summed E-state index contributed by atoms with van der Waals surface area (Å²) in [4.78, 5) is 0. The van der Waals surface area contributed by atoms with Crippen molar-refractivity contribution < 1.29 is 4.39 Å². The van der Waals surface area contributed by atoms with Gasteiger partial charge in [-0.15, -0.1) is 12.4 Å². The van der Waals surface area contributed by atoms with Crippen LogP contribution < -0.4 is 5.73 Å². The van der Waals surface area contributed by atoms with Gasteiger partial charge in [0.25, 0.3) is 0 Å². The summed E-state index contributed by atoms with van der Waals surface area (Å²) in [5.41, 5.74) is 6.73. The Balaban J connectivity index is 0.00000144. The molecular formula is C9H12BrClFN. The van der Waals surface area contributed by atoms with Crippen molar-refractivity contribution in [1.82, 2.24) is 0 Å². The molecule has 4 heteroatoms. The summed E-state index contributed by atoms with van der Waals surface area (Å²) in [5.74, 6) is -0.248. The molecule has 0 saturated heterocycles. The third kappa shape index (κ3) is 3.25. The topological polar surface area (TPSA) is 26.0 Å². The Morgan fingerprint density at radius 1 is 1.54 bits per heavy atom. The van der Waals surface area contributed by atoms with Crippen LogP contribution in [0.15, 0.2) is 22.7 Å². The van der Waals surface area contributed by atoms with E-state index in [1.54, 1.807) is 12.1 Å². The summed E-state index contributed by atoms with van der Waals surface area (Å²) in [6.45, 7) is 2.00. The summed E-state index contributed by atoms with van der Waals surface area (Å²) in [5, 5.41) is 0. The van der Waals surface area contributed by atoms with E-state index in [4.69, 9.17) is 5.73 Å². The molecule has 0 spiro atoms. The van der Waals surface area contributed by atoms with Gasteiger partial charge in [0.05, 0.1) is 4.47 Å². The average Bonchev–Trinajstić information content (AvgIpc) is 2.08. The Hall–Kier alpha value is -0.120. The second-order valence-electron chi connectivity index (χ2n) is 2.69. The molecule has 1 aromatic carbocycles. The number of benzene rings is 1. The predicted molar refractivity (Wildman–Crippen MR) is 58.6 cm³/mol. The first kappa shape index (κ1) is 12.9. The van der Waals surface area contributed by atoms with E-state index in [0.717, 1.165) is 12.0 Å². The molecule has 13 heavy (non-hydrogen) atoms. The van der Waals surface area contributed by atoms with Crippen LogP contribution in [0, 0.1) is 5.82 Å². The van der Waals surface area contributed by atoms with Crippen LogP contribution in [0.4, 0.5) is 4.39 Å². The molecule has 0 radical (unpaired) electrons. The molecule has 1 nitrogen and oxygen atoms in total. The fourth-order valence-corrected chi connectivity index (χ4v) is 1.38. The maximum atomic E-state index is 12.8. The lowest BCUT2D eigenvalue weighted by Gasteiger charge is -2.09. The molecule has 1 aromatic rings. The van der Waals surface area contributed by atoms with Crippen molar-refractivity contribution >= 4 is 28.3 Å². The third-order valence-corrected chi connectivity index (χ3v) is 2.42. The van der Waals surface area contributed by atoms with Crippen LogP contribution in [0.2, 0.25) is 0 Å². The number of hydrogen-bond donors (Lipinski definition) is 1. The van der Waals surface area contributed by atoms with E-state index < -0.39 is 0 Å². The van der Waals surface area contributed by atoms with E-state index in [1.807, 2.05) is 6.92 Å². The monoisotopic (exact) mass is 267 g/mol. The summed E-state index contributed by atoms with van der Waals surface area (Å²) in [7, 11) is 0. The lowest BCUT2D eigenvalue weighted by atomic mass is 10.1. The summed E-state index contributed by atoms with van der Waals surface area (Å²) in [6, 6.07) is 4.87. The summed E-state index contributed by atoms with van der Waals surface area (Å²) >= 11 is 3.11. The van der Waals surface area contributed by atoms with Gasteiger partial charge in [0.2, 0.25) is 0 Å². The van der Waals surface area contributed by atoms with Crippen LogP contribution in [-0.2, 0) is 0 Å². The lowest BCUT2D eigenvalue weighted by molar-refractivity contribution is 0.616. The molecule has 74 valence electrons. The Bertz CT molecular complexity index is 280. The van der Waals surface area contributed by atoms with Gasteiger partial charge in [-0.1, -0.05) is 13.0 Å². The molecule has 1 atom stereocenters. The quantitative estimate of drug-likeness (QED) is 0.874. The van der Waals surface area contributed by atoms with Crippen LogP contribution in [0.25, 0.3) is 0 Å². The summed E-state index contributed by atoms with van der Waals surface area (Å²) < 4.78 is 13.3. The van der Waals surface area contributed by atoms with Gasteiger partial charge in [0.15, 0.2) is 0 Å². The Morgan fingerprint density at radius 3 is 2.62 bits per heavy atom. The van der Waals surface area contributed by atoms with Crippen LogP contribution >= 0.6 is 28.3 Å². The minimum atomic E-state index is -0.248. The van der Waals surface area contributed by atoms with Crippen LogP contribution in [0.5, 0.6) is 0 Å². The van der Waals surface area contributed by atoms with Crippen molar-refractivity contribution in [2.75, 3.05) is 0 Å². The largest absolute Gasteiger partial charge is 0.324 e. The zero-order valence-corrected chi connectivity index (χ0v) is 9.66. The van der Waals surface area contributed by atoms with Crippen LogP contribution in [0.3, 0.4) is 0 Å². The zero-order valence-electron chi connectivity index (χ0n) is 7.26. The first-order valence-corrected chi connectivity index (χ1v) is 4.65. The molecular weight excluding hydrogens is 256 g/mol. The smallest absolute Gasteiger partial charge is 0.137 e. The van der Waals surface area contributed by atoms with Crippen molar-refractivity contribution in [3.63, 3.8) is 0 Å². The number of halogens is 3. The standard InChI is InChI=1S/C9H11BrFN.ClH/c1-2-9(12)6-3-4-8(11)7(10)5-6;/h3-5,9H,2,12H2,1H3;1H/t9-;/m1./s1. The highest BCUT2D eigenvalue weighted by Crippen LogP contribution is 2.21. The number of nitrogens with two attached hydrogens (primary N) is 1. The molecule has 2 N–H and O–H groups in total. The molecule has 0 bridgehead atoms. The van der Waals surface area contributed by atoms with E-state index in [9.17, 15) is 4.39 Å². The highest BCUT2D eigenvalue weighted by atomic mass is 79.9. The molecule has 0 aliphatic heterocycles. The van der Waals surface area contributed by atoms with Crippen molar-refractivity contribution in [1.29, 1.82) is 0 Å². The zero-order chi connectivity index (χ0) is 9.14. The Morgan fingerprint density at radius 2 is 2.15 bits per heavy atom. The van der Waals surface area contributed by atoms with Gasteiger partial charge >= 0.3 is 0 Å². The molecule has 1 rings (SSSR count). The van der Waals surface area contributed by atoms with Gasteiger partial charge in [-0.2, -0.15) is 0 Å². The van der Waals surface area contributed by atoms with E-state index in [0.29, 0.717) is 4.47 Å². The minimum absolute atomic E-state index is 0. The first-order chi connectivity index (χ1) is 5.65. The molecule has 0 aromatic heterocycles. The molecule has 0 fully saturated rings. The van der Waals surface area contributed by atoms with Crippen LogP contribution in [-0.4, -0.2) is 0 Å². The number of rotatable bonds is 2. The Kier molecular flexibility index (Phi) is 5.53. The van der Waals surface area contributed by atoms with Crippen molar-refractivity contribution in [3.8, 4) is 0 Å². The van der Waals surface area contributed by atoms with Gasteiger partial charge in [0, 0.05) is 6.04 Å². The van der Waals surface area contributed by atoms with E-state index >= 15 is 0 Å². The minimum Gasteiger partial charge on any atom is -0.324 e. The van der Waals surface area contributed by atoms with E-state index in [2.05, 4.69) is 15.9 Å². The van der Waals surface area contributed by atoms with Gasteiger partial charge in [-0.25, -0.2) is 4.39 Å². The fraction of sp³-hybridized carbons (Fsp3) is 0.333. The van der Waals surface area contributed by atoms with Crippen molar-refractivity contribution in [2.45, 2.75) is 19.4 Å². The first-order valence-electron chi connectivity index (χ1n) is 3.85. The van der Waals surface area contributed by atoms with Gasteiger partial charge in [-0.05, 0) is 40.0 Å². The molecule has 0 saturated carbocycles. The van der Waals surface area contributed by atoms with Gasteiger partial charge in [0.1, 0.15) is 5.82 Å². The van der Waals surface area contributed by atoms with Crippen molar-refractivity contribution in [3.05, 3.63) is 34.1 Å². The van der Waals surface area contributed by atoms with Gasteiger partial charge in [-0.3, -0.25) is 0 Å². The number of hydrogen-bond acceptors (Lipinski definition) is 1. The second-order valence-corrected chi connectivity index (χ2v) is 3.54. The SMILES string of the molecule is CC[C@@H](N)c1ccc(F)c(Br)c1.Cl. The van der Waals surface area contributed by atoms with Gasteiger partial charge < -0.3 is 5.73 Å². The maximum Gasteiger partial charge on any atom is 0.137 e.